The van der Waals surface area contributed by atoms with E-state index >= 15 is 0 Å². The number of aromatic nitrogens is 1. The highest BCUT2D eigenvalue weighted by atomic mass is 35.5. The van der Waals surface area contributed by atoms with E-state index in [2.05, 4.69) is 5.32 Å². The summed E-state index contributed by atoms with van der Waals surface area (Å²) in [7, 11) is 0. The number of carbonyl (C=O) groups is 2. The van der Waals surface area contributed by atoms with Crippen LogP contribution >= 0.6 is 11.6 Å². The van der Waals surface area contributed by atoms with Crippen molar-refractivity contribution in [3.8, 4) is 0 Å². The van der Waals surface area contributed by atoms with Crippen LogP contribution in [0.1, 0.15) is 30.7 Å². The van der Waals surface area contributed by atoms with Crippen molar-refractivity contribution >= 4 is 35.0 Å². The lowest BCUT2D eigenvalue weighted by Crippen LogP contribution is -2.56. The molecule has 30 heavy (non-hydrogen) atoms. The normalized spacial score (nSPS) is 19.4. The minimum atomic E-state index is -0.842. The van der Waals surface area contributed by atoms with Crippen LogP contribution in [0.15, 0.2) is 36.4 Å². The van der Waals surface area contributed by atoms with Crippen molar-refractivity contribution in [1.29, 1.82) is 0 Å². The highest BCUT2D eigenvalue weighted by Gasteiger charge is 2.49. The molecule has 3 aliphatic rings. The van der Waals surface area contributed by atoms with E-state index in [1.807, 2.05) is 12.1 Å². The maximum atomic E-state index is 13.1. The molecule has 8 heteroatoms. The molecule has 2 aliphatic heterocycles. The summed E-state index contributed by atoms with van der Waals surface area (Å²) in [5.74, 6) is -0.163. The second-order valence-corrected chi connectivity index (χ2v) is 8.47. The summed E-state index contributed by atoms with van der Waals surface area (Å²) in [5, 5.41) is 3.55. The molecule has 1 aromatic carbocycles. The third-order valence-corrected chi connectivity index (χ3v) is 6.02. The van der Waals surface area contributed by atoms with E-state index in [4.69, 9.17) is 26.1 Å². The quantitative estimate of drug-likeness (QED) is 0.804. The molecule has 1 aliphatic carbocycles. The summed E-state index contributed by atoms with van der Waals surface area (Å²) >= 11 is 5.93. The number of nitrogens with one attached hydrogen (secondary N) is 1. The van der Waals surface area contributed by atoms with Gasteiger partial charge in [-0.1, -0.05) is 11.6 Å². The zero-order chi connectivity index (χ0) is 20.7. The van der Waals surface area contributed by atoms with Gasteiger partial charge in [-0.25, -0.2) is 4.79 Å². The minimum absolute atomic E-state index is 0.0575. The summed E-state index contributed by atoms with van der Waals surface area (Å²) in [6, 6.07) is 10.7. The van der Waals surface area contributed by atoms with Gasteiger partial charge in [0.05, 0.1) is 30.3 Å². The first-order valence-corrected chi connectivity index (χ1v) is 10.6. The third kappa shape index (κ3) is 3.52. The number of aryl methyl sites for hydroxylation is 1. The molecule has 0 radical (unpaired) electrons. The van der Waals surface area contributed by atoms with Gasteiger partial charge >= 0.3 is 6.09 Å². The topological polar surface area (TPSA) is 80.8 Å². The zero-order valence-corrected chi connectivity index (χ0v) is 17.2. The fourth-order valence-electron chi connectivity index (χ4n) is 3.78. The molecule has 1 saturated heterocycles. The molecule has 156 valence electrons. The van der Waals surface area contributed by atoms with Gasteiger partial charge in [-0.2, -0.15) is 0 Å². The molecule has 0 bridgehead atoms. The molecule has 7 nitrogen and oxygen atoms in total. The lowest BCUT2D eigenvalue weighted by molar-refractivity contribution is -0.140. The summed E-state index contributed by atoms with van der Waals surface area (Å²) in [4.78, 5) is 32.1. The van der Waals surface area contributed by atoms with Crippen molar-refractivity contribution in [2.24, 2.45) is 0 Å². The number of anilines is 2. The van der Waals surface area contributed by atoms with Gasteiger partial charge < -0.3 is 14.8 Å². The predicted octanol–water partition coefficient (Wildman–Crippen LogP) is 3.69. The Kier molecular flexibility index (Phi) is 4.87. The molecule has 3 heterocycles. The Labute approximate surface area is 179 Å². The number of hydrogen-bond donors (Lipinski definition) is 1. The molecule has 5 rings (SSSR count). The molecule has 1 saturated carbocycles. The summed E-state index contributed by atoms with van der Waals surface area (Å²) in [5.41, 5.74) is 2.08. The van der Waals surface area contributed by atoms with Crippen molar-refractivity contribution in [3.05, 3.63) is 52.8 Å². The van der Waals surface area contributed by atoms with Crippen LogP contribution in [0.25, 0.3) is 0 Å². The van der Waals surface area contributed by atoms with Crippen LogP contribution in [0.2, 0.25) is 5.02 Å². The van der Waals surface area contributed by atoms with Gasteiger partial charge in [0, 0.05) is 17.3 Å². The Morgan fingerprint density at radius 2 is 1.93 bits per heavy atom. The number of hydrogen-bond acceptors (Lipinski definition) is 5. The number of rotatable bonds is 4. The molecule has 2 aromatic rings. The van der Waals surface area contributed by atoms with E-state index in [-0.39, 0.29) is 31.3 Å². The Hall–Kier alpha value is -2.64. The SMILES string of the molecule is O=C(OC1CC1)N1CCCc2nc(C3(C(=O)Nc4ccc(Cl)cc4)COC3)ccc21. The second-order valence-electron chi connectivity index (χ2n) is 8.04. The largest absolute Gasteiger partial charge is 0.446 e. The van der Waals surface area contributed by atoms with Crippen LogP contribution in [-0.2, 0) is 26.1 Å². The van der Waals surface area contributed by atoms with E-state index in [0.29, 0.717) is 22.9 Å². The molecule has 0 spiro atoms. The summed E-state index contributed by atoms with van der Waals surface area (Å²) < 4.78 is 10.9. The fraction of sp³-hybridized carbons (Fsp3) is 0.409. The fourth-order valence-corrected chi connectivity index (χ4v) is 3.91. The first-order valence-electron chi connectivity index (χ1n) is 10.2. The van der Waals surface area contributed by atoms with Gasteiger partial charge in [-0.15, -0.1) is 0 Å². The van der Waals surface area contributed by atoms with Crippen LogP contribution in [0.5, 0.6) is 0 Å². The van der Waals surface area contributed by atoms with E-state index in [9.17, 15) is 9.59 Å². The lowest BCUT2D eigenvalue weighted by atomic mass is 9.80. The summed E-state index contributed by atoms with van der Waals surface area (Å²) in [6.07, 6.45) is 3.19. The highest BCUT2D eigenvalue weighted by Crippen LogP contribution is 2.36. The molecule has 0 atom stereocenters. The highest BCUT2D eigenvalue weighted by molar-refractivity contribution is 6.30. The standard InChI is InChI=1S/C22H22ClN3O4/c23-14-3-5-15(6-4-14)24-20(27)22(12-29-13-22)19-10-9-18-17(25-19)2-1-11-26(18)21(28)30-16-7-8-16/h3-6,9-10,16H,1-2,7-8,11-13H2,(H,24,27). The zero-order valence-electron chi connectivity index (χ0n) is 16.4. The van der Waals surface area contributed by atoms with Gasteiger partial charge in [0.1, 0.15) is 11.5 Å². The number of benzene rings is 1. The molecule has 2 amide bonds. The Bertz CT molecular complexity index is 986. The van der Waals surface area contributed by atoms with Crippen LogP contribution in [-0.4, -0.2) is 42.8 Å². The molecular weight excluding hydrogens is 406 g/mol. The number of carbonyl (C=O) groups excluding carboxylic acids is 2. The molecule has 2 fully saturated rings. The minimum Gasteiger partial charge on any atom is -0.446 e. The van der Waals surface area contributed by atoms with Crippen molar-refractivity contribution in [3.63, 3.8) is 0 Å². The van der Waals surface area contributed by atoms with E-state index in [1.165, 1.54) is 0 Å². The number of ether oxygens (including phenoxy) is 2. The number of amides is 2. The summed E-state index contributed by atoms with van der Waals surface area (Å²) in [6.45, 7) is 1.15. The monoisotopic (exact) mass is 427 g/mol. The van der Waals surface area contributed by atoms with E-state index in [1.54, 1.807) is 29.2 Å². The molecule has 1 N–H and O–H groups in total. The number of nitrogens with zero attached hydrogens (tertiary/aromatic N) is 2. The first kappa shape index (κ1) is 19.3. The maximum Gasteiger partial charge on any atom is 0.414 e. The van der Waals surface area contributed by atoms with Crippen LogP contribution in [0, 0.1) is 0 Å². The van der Waals surface area contributed by atoms with Crippen LogP contribution in [0.3, 0.4) is 0 Å². The van der Waals surface area contributed by atoms with Crippen molar-refractivity contribution < 1.29 is 19.1 Å². The smallest absolute Gasteiger partial charge is 0.414 e. The third-order valence-electron chi connectivity index (χ3n) is 5.77. The number of fused-ring (bicyclic) bond motifs is 1. The van der Waals surface area contributed by atoms with Crippen LogP contribution in [0.4, 0.5) is 16.2 Å². The predicted molar refractivity (Wildman–Crippen MR) is 112 cm³/mol. The van der Waals surface area contributed by atoms with Crippen LogP contribution < -0.4 is 10.2 Å². The lowest BCUT2D eigenvalue weighted by Gasteiger charge is -2.40. The van der Waals surface area contributed by atoms with Gasteiger partial charge in [0.2, 0.25) is 5.91 Å². The van der Waals surface area contributed by atoms with Crippen molar-refractivity contribution in [1.82, 2.24) is 4.98 Å². The molecule has 1 aromatic heterocycles. The van der Waals surface area contributed by atoms with E-state index in [0.717, 1.165) is 37.1 Å². The van der Waals surface area contributed by atoms with Crippen molar-refractivity contribution in [2.75, 3.05) is 30.0 Å². The number of halogens is 1. The Balaban J connectivity index is 1.39. The van der Waals surface area contributed by atoms with E-state index < -0.39 is 5.41 Å². The van der Waals surface area contributed by atoms with Crippen molar-refractivity contribution in [2.45, 2.75) is 37.2 Å². The molecular formula is C22H22ClN3O4. The Morgan fingerprint density at radius 3 is 2.60 bits per heavy atom. The maximum absolute atomic E-state index is 13.1. The second kappa shape index (κ2) is 7.56. The first-order chi connectivity index (χ1) is 14.5. The average molecular weight is 428 g/mol. The van der Waals surface area contributed by atoms with Gasteiger partial charge in [0.15, 0.2) is 0 Å². The van der Waals surface area contributed by atoms with Gasteiger partial charge in [0.25, 0.3) is 0 Å². The Morgan fingerprint density at radius 1 is 1.17 bits per heavy atom. The number of pyridine rings is 1. The van der Waals surface area contributed by atoms with Gasteiger partial charge in [-0.05, 0) is 62.1 Å². The average Bonchev–Trinajstić information content (AvgIpc) is 3.52. The van der Waals surface area contributed by atoms with Gasteiger partial charge in [-0.3, -0.25) is 14.7 Å². The molecule has 0 unspecified atom stereocenters.